The van der Waals surface area contributed by atoms with E-state index in [0.29, 0.717) is 6.61 Å². The van der Waals surface area contributed by atoms with Crippen molar-refractivity contribution in [2.24, 2.45) is 5.73 Å². The van der Waals surface area contributed by atoms with E-state index in [1.54, 1.807) is 0 Å². The van der Waals surface area contributed by atoms with Gasteiger partial charge >= 0.3 is 5.97 Å². The molecule has 4 nitrogen and oxygen atoms in total. The average molecular weight is 285 g/mol. The second-order valence-electron chi connectivity index (χ2n) is 4.60. The largest absolute Gasteiger partial charge is 0.490 e. The number of carbonyl (C=O) groups excluding carboxylic acids is 1. The van der Waals surface area contributed by atoms with Gasteiger partial charge in [-0.25, -0.2) is 0 Å². The summed E-state index contributed by atoms with van der Waals surface area (Å²) >= 11 is 0. The predicted molar refractivity (Wildman–Crippen MR) is 80.9 cm³/mol. The van der Waals surface area contributed by atoms with Crippen LogP contribution in [-0.4, -0.2) is 19.2 Å². The van der Waals surface area contributed by atoms with Crippen molar-refractivity contribution in [2.45, 2.75) is 12.5 Å². The number of ether oxygens (including phenoxy) is 2. The third kappa shape index (κ3) is 5.28. The number of rotatable bonds is 7. The van der Waals surface area contributed by atoms with E-state index in [1.165, 1.54) is 0 Å². The quantitative estimate of drug-likeness (QED) is 0.627. The molecule has 2 rings (SSSR count). The Kier molecular flexibility index (Phi) is 5.79. The maximum Gasteiger partial charge on any atom is 0.307 e. The molecule has 1 unspecified atom stereocenters. The van der Waals surface area contributed by atoms with Gasteiger partial charge in [0, 0.05) is 6.04 Å². The van der Waals surface area contributed by atoms with Gasteiger partial charge in [-0.15, -0.1) is 0 Å². The molecule has 4 heteroatoms. The Labute approximate surface area is 124 Å². The number of para-hydroxylation sites is 1. The van der Waals surface area contributed by atoms with Gasteiger partial charge in [0.2, 0.25) is 0 Å². The van der Waals surface area contributed by atoms with E-state index in [0.717, 1.165) is 11.3 Å². The molecule has 0 aromatic heterocycles. The van der Waals surface area contributed by atoms with Gasteiger partial charge in [-0.3, -0.25) is 4.79 Å². The fourth-order valence-corrected chi connectivity index (χ4v) is 1.89. The Bertz CT molecular complexity index is 542. The van der Waals surface area contributed by atoms with Crippen molar-refractivity contribution in [2.75, 3.05) is 13.2 Å². The van der Waals surface area contributed by atoms with E-state index in [1.807, 2.05) is 60.7 Å². The predicted octanol–water partition coefficient (Wildman–Crippen LogP) is 2.70. The first-order valence-corrected chi connectivity index (χ1v) is 6.89. The van der Waals surface area contributed by atoms with Crippen molar-refractivity contribution in [1.82, 2.24) is 0 Å². The second kappa shape index (κ2) is 8.07. The summed E-state index contributed by atoms with van der Waals surface area (Å²) in [5.74, 6) is 0.442. The number of nitrogens with two attached hydrogens (primary N) is 1. The van der Waals surface area contributed by atoms with Crippen molar-refractivity contribution in [3.05, 3.63) is 66.2 Å². The van der Waals surface area contributed by atoms with Gasteiger partial charge in [0.25, 0.3) is 0 Å². The minimum atomic E-state index is -0.339. The van der Waals surface area contributed by atoms with Crippen molar-refractivity contribution in [1.29, 1.82) is 0 Å². The van der Waals surface area contributed by atoms with Crippen LogP contribution in [-0.2, 0) is 9.53 Å². The fraction of sp³-hybridized carbons (Fsp3) is 0.235. The zero-order chi connectivity index (χ0) is 14.9. The van der Waals surface area contributed by atoms with E-state index >= 15 is 0 Å². The summed E-state index contributed by atoms with van der Waals surface area (Å²) in [5, 5.41) is 0. The van der Waals surface area contributed by atoms with Crippen LogP contribution in [0.25, 0.3) is 0 Å². The number of esters is 1. The number of carbonyl (C=O) groups is 1. The van der Waals surface area contributed by atoms with E-state index in [9.17, 15) is 4.79 Å². The Balaban J connectivity index is 1.66. The molecule has 0 radical (unpaired) electrons. The summed E-state index contributed by atoms with van der Waals surface area (Å²) in [6, 6.07) is 18.6. The lowest BCUT2D eigenvalue weighted by molar-refractivity contribution is -0.144. The molecule has 1 atom stereocenters. The minimum absolute atomic E-state index is 0.162. The monoisotopic (exact) mass is 285 g/mol. The highest BCUT2D eigenvalue weighted by Crippen LogP contribution is 2.13. The summed E-state index contributed by atoms with van der Waals surface area (Å²) in [5.41, 5.74) is 6.89. The lowest BCUT2D eigenvalue weighted by atomic mass is 10.1. The zero-order valence-electron chi connectivity index (χ0n) is 11.8. The SMILES string of the molecule is NC(CC(=O)OCCOc1ccccc1)c1ccccc1. The molecule has 0 fully saturated rings. The summed E-state index contributed by atoms with van der Waals surface area (Å²) < 4.78 is 10.5. The third-order valence-electron chi connectivity index (χ3n) is 2.97. The highest BCUT2D eigenvalue weighted by molar-refractivity contribution is 5.70. The van der Waals surface area contributed by atoms with Gasteiger partial charge in [0.05, 0.1) is 6.42 Å². The number of benzene rings is 2. The first-order chi connectivity index (χ1) is 10.3. The molecule has 0 aliphatic rings. The summed E-state index contributed by atoms with van der Waals surface area (Å²) in [6.45, 7) is 0.547. The molecule has 2 N–H and O–H groups in total. The maximum absolute atomic E-state index is 11.7. The number of hydrogen-bond acceptors (Lipinski definition) is 4. The molecule has 0 saturated heterocycles. The van der Waals surface area contributed by atoms with Crippen LogP contribution in [0, 0.1) is 0 Å². The van der Waals surface area contributed by atoms with Gasteiger partial charge in [0.1, 0.15) is 19.0 Å². The lowest BCUT2D eigenvalue weighted by Crippen LogP contribution is -2.19. The zero-order valence-corrected chi connectivity index (χ0v) is 11.8. The van der Waals surface area contributed by atoms with Crippen LogP contribution in [0.1, 0.15) is 18.0 Å². The molecule has 0 amide bonds. The van der Waals surface area contributed by atoms with Crippen LogP contribution in [0.15, 0.2) is 60.7 Å². The molecular weight excluding hydrogens is 266 g/mol. The van der Waals surface area contributed by atoms with Crippen LogP contribution in [0.4, 0.5) is 0 Å². The van der Waals surface area contributed by atoms with Crippen molar-refractivity contribution >= 4 is 5.97 Å². The third-order valence-corrected chi connectivity index (χ3v) is 2.97. The molecule has 0 aliphatic heterocycles. The first kappa shape index (κ1) is 15.1. The second-order valence-corrected chi connectivity index (χ2v) is 4.60. The Morgan fingerprint density at radius 1 is 0.952 bits per heavy atom. The Hall–Kier alpha value is -2.33. The Morgan fingerprint density at radius 3 is 2.24 bits per heavy atom. The van der Waals surface area contributed by atoms with Crippen LogP contribution in [0.2, 0.25) is 0 Å². The fourth-order valence-electron chi connectivity index (χ4n) is 1.89. The smallest absolute Gasteiger partial charge is 0.307 e. The van der Waals surface area contributed by atoms with Crippen molar-refractivity contribution in [3.63, 3.8) is 0 Å². The summed E-state index contributed by atoms with van der Waals surface area (Å²) in [4.78, 5) is 11.7. The van der Waals surface area contributed by atoms with Gasteiger partial charge in [-0.2, -0.15) is 0 Å². The van der Waals surface area contributed by atoms with E-state index < -0.39 is 0 Å². The normalized spacial score (nSPS) is 11.7. The molecule has 2 aromatic rings. The number of hydrogen-bond donors (Lipinski definition) is 1. The molecule has 2 aromatic carbocycles. The van der Waals surface area contributed by atoms with Gasteiger partial charge < -0.3 is 15.2 Å². The van der Waals surface area contributed by atoms with E-state index in [4.69, 9.17) is 15.2 Å². The topological polar surface area (TPSA) is 61.6 Å². The standard InChI is InChI=1S/C17H19NO3/c18-16(14-7-3-1-4-8-14)13-17(19)21-12-11-20-15-9-5-2-6-10-15/h1-10,16H,11-13,18H2. The average Bonchev–Trinajstić information content (AvgIpc) is 2.53. The molecule has 0 aliphatic carbocycles. The van der Waals surface area contributed by atoms with Crippen molar-refractivity contribution < 1.29 is 14.3 Å². The molecule has 0 heterocycles. The van der Waals surface area contributed by atoms with Crippen LogP contribution in [0.3, 0.4) is 0 Å². The molecular formula is C17H19NO3. The van der Waals surface area contributed by atoms with E-state index in [2.05, 4.69) is 0 Å². The summed E-state index contributed by atoms with van der Waals surface area (Å²) in [6.07, 6.45) is 0.162. The molecule has 0 spiro atoms. The van der Waals surface area contributed by atoms with Crippen molar-refractivity contribution in [3.8, 4) is 5.75 Å². The maximum atomic E-state index is 11.7. The first-order valence-electron chi connectivity index (χ1n) is 6.89. The highest BCUT2D eigenvalue weighted by atomic mass is 16.6. The highest BCUT2D eigenvalue weighted by Gasteiger charge is 2.12. The van der Waals surface area contributed by atoms with Crippen LogP contribution >= 0.6 is 0 Å². The Morgan fingerprint density at radius 2 is 1.57 bits per heavy atom. The minimum Gasteiger partial charge on any atom is -0.490 e. The molecule has 21 heavy (non-hydrogen) atoms. The van der Waals surface area contributed by atoms with E-state index in [-0.39, 0.29) is 25.0 Å². The lowest BCUT2D eigenvalue weighted by Gasteiger charge is -2.12. The van der Waals surface area contributed by atoms with Crippen LogP contribution in [0.5, 0.6) is 5.75 Å². The molecule has 110 valence electrons. The van der Waals surface area contributed by atoms with Gasteiger partial charge in [0.15, 0.2) is 0 Å². The molecule has 0 bridgehead atoms. The van der Waals surface area contributed by atoms with Gasteiger partial charge in [-0.05, 0) is 17.7 Å². The van der Waals surface area contributed by atoms with Gasteiger partial charge in [-0.1, -0.05) is 48.5 Å². The summed E-state index contributed by atoms with van der Waals surface area (Å²) in [7, 11) is 0. The van der Waals surface area contributed by atoms with Crippen LogP contribution < -0.4 is 10.5 Å². The molecule has 0 saturated carbocycles.